The first kappa shape index (κ1) is 17.4. The van der Waals surface area contributed by atoms with Crippen LogP contribution in [0.2, 0.25) is 0 Å². The number of aliphatic carboxylic acids is 1. The van der Waals surface area contributed by atoms with Crippen LogP contribution in [0, 0.1) is 11.8 Å². The predicted molar refractivity (Wildman–Crippen MR) is 53.9 cm³/mol. The summed E-state index contributed by atoms with van der Waals surface area (Å²) >= 11 is 0. The van der Waals surface area contributed by atoms with E-state index in [1.165, 1.54) is 19.8 Å². The van der Waals surface area contributed by atoms with Crippen molar-refractivity contribution in [2.24, 2.45) is 11.8 Å². The van der Waals surface area contributed by atoms with Crippen molar-refractivity contribution < 1.29 is 36.1 Å². The Balaban J connectivity index is 0. The van der Waals surface area contributed by atoms with Gasteiger partial charge >= 0.3 is 27.0 Å². The first-order valence-corrected chi connectivity index (χ1v) is 4.73. The molecule has 5 nitrogen and oxygen atoms in total. The quantitative estimate of drug-likeness (QED) is 0.755. The van der Waals surface area contributed by atoms with Crippen molar-refractivity contribution >= 4 is 5.97 Å². The van der Waals surface area contributed by atoms with Crippen LogP contribution in [0.3, 0.4) is 0 Å². The van der Waals surface area contributed by atoms with Gasteiger partial charge in [-0.1, -0.05) is 24.7 Å². The van der Waals surface area contributed by atoms with Gasteiger partial charge in [-0.25, -0.2) is 4.79 Å². The molecule has 4 N–H and O–H groups in total. The first-order chi connectivity index (χ1) is 6.52. The Labute approximate surface area is 104 Å². The molecule has 0 radical (unpaired) electrons. The third kappa shape index (κ3) is 7.01. The summed E-state index contributed by atoms with van der Waals surface area (Å²) in [7, 11) is 0. The van der Waals surface area contributed by atoms with Crippen molar-refractivity contribution in [3.63, 3.8) is 0 Å². The monoisotopic (exact) mass is 397 g/mol. The van der Waals surface area contributed by atoms with E-state index in [9.17, 15) is 4.79 Å². The molecule has 1 saturated carbocycles. The van der Waals surface area contributed by atoms with Gasteiger partial charge in [0.1, 0.15) is 6.10 Å². The molecule has 1 fully saturated rings. The molecule has 0 amide bonds. The van der Waals surface area contributed by atoms with E-state index in [4.69, 9.17) is 21.7 Å². The molecule has 6 heteroatoms. The number of carboxylic acid groups (broad SMARTS) is 1. The molecule has 0 aromatic rings. The van der Waals surface area contributed by atoms with Gasteiger partial charge in [-0.05, 0) is 6.92 Å². The second kappa shape index (κ2) is 9.28. The number of carboxylic acids is 1. The van der Waals surface area contributed by atoms with Gasteiger partial charge < -0.3 is 21.7 Å². The molecule has 0 aromatic heterocycles. The SMILES string of the molecule is C[C@H](O)C(=O)O.[NH-]C[C@@H]1CC[C@H]1C[NH-].[Pt+2]. The molecule has 1 aliphatic carbocycles. The molecule has 0 aliphatic heterocycles. The van der Waals surface area contributed by atoms with Crippen LogP contribution in [0.15, 0.2) is 0 Å². The van der Waals surface area contributed by atoms with E-state index in [2.05, 4.69) is 0 Å². The average Bonchev–Trinajstić information content (AvgIpc) is 2.05. The molecular weight excluding hydrogens is 379 g/mol. The minimum Gasteiger partial charge on any atom is -0.677 e. The number of aliphatic hydroxyl groups is 1. The molecule has 1 rings (SSSR count). The van der Waals surface area contributed by atoms with E-state index in [0.717, 1.165) is 0 Å². The number of nitrogens with one attached hydrogen (secondary N) is 2. The fourth-order valence-corrected chi connectivity index (χ4v) is 1.18. The zero-order chi connectivity index (χ0) is 11.1. The molecule has 15 heavy (non-hydrogen) atoms. The second-order valence-electron chi connectivity index (χ2n) is 3.52. The number of carbonyl (C=O) groups is 1. The van der Waals surface area contributed by atoms with Crippen LogP contribution in [0.4, 0.5) is 0 Å². The molecule has 1 aliphatic rings. The van der Waals surface area contributed by atoms with Crippen LogP contribution in [0.25, 0.3) is 11.5 Å². The second-order valence-corrected chi connectivity index (χ2v) is 3.52. The molecule has 0 unspecified atom stereocenters. The third-order valence-corrected chi connectivity index (χ3v) is 2.46. The van der Waals surface area contributed by atoms with Gasteiger partial charge in [-0.2, -0.15) is 0 Å². The van der Waals surface area contributed by atoms with E-state index < -0.39 is 12.1 Å². The van der Waals surface area contributed by atoms with Gasteiger partial charge in [0.05, 0.1) is 0 Å². The molecular formula is C9H18N2O3Pt. The summed E-state index contributed by atoms with van der Waals surface area (Å²) in [6.07, 6.45) is 1.17. The van der Waals surface area contributed by atoms with Gasteiger partial charge in [0.15, 0.2) is 0 Å². The van der Waals surface area contributed by atoms with Crippen molar-refractivity contribution in [1.29, 1.82) is 0 Å². The fraction of sp³-hybridized carbons (Fsp3) is 0.889. The zero-order valence-corrected chi connectivity index (χ0v) is 11.0. The molecule has 3 atom stereocenters. The Morgan fingerprint density at radius 2 is 1.60 bits per heavy atom. The van der Waals surface area contributed by atoms with Crippen LogP contribution in [-0.4, -0.2) is 35.4 Å². The molecule has 0 heterocycles. The van der Waals surface area contributed by atoms with Crippen molar-refractivity contribution in [2.75, 3.05) is 13.1 Å². The van der Waals surface area contributed by atoms with E-state index in [1.807, 2.05) is 0 Å². The molecule has 0 bridgehead atoms. The summed E-state index contributed by atoms with van der Waals surface area (Å²) in [4.78, 5) is 9.45. The number of hydrogen-bond donors (Lipinski definition) is 2. The number of aliphatic hydroxyl groups excluding tert-OH is 1. The summed E-state index contributed by atoms with van der Waals surface area (Å²) < 4.78 is 0. The third-order valence-electron chi connectivity index (χ3n) is 2.46. The Morgan fingerprint density at radius 1 is 1.33 bits per heavy atom. The Kier molecular flexibility index (Phi) is 10.8. The topological polar surface area (TPSA) is 105 Å². The fourth-order valence-electron chi connectivity index (χ4n) is 1.18. The minimum atomic E-state index is -1.23. The summed E-state index contributed by atoms with van der Waals surface area (Å²) in [5.41, 5.74) is 14.0. The molecule has 0 saturated heterocycles. The predicted octanol–water partition coefficient (Wildman–Crippen LogP) is 1.57. The van der Waals surface area contributed by atoms with Gasteiger partial charge in [-0.15, -0.1) is 13.1 Å². The van der Waals surface area contributed by atoms with E-state index in [0.29, 0.717) is 24.9 Å². The smallest absolute Gasteiger partial charge is 0.677 e. The number of rotatable bonds is 3. The Hall–Kier alpha value is 0.0383. The molecule has 92 valence electrons. The van der Waals surface area contributed by atoms with Crippen molar-refractivity contribution in [1.82, 2.24) is 0 Å². The van der Waals surface area contributed by atoms with E-state index >= 15 is 0 Å². The van der Waals surface area contributed by atoms with Crippen LogP contribution in [0.5, 0.6) is 0 Å². The minimum absolute atomic E-state index is 0. The maximum Gasteiger partial charge on any atom is 2.00 e. The maximum absolute atomic E-state index is 9.45. The standard InChI is InChI=1S/C6H12N2.C3H6O3.Pt/c7-3-5-1-2-6(5)4-8;1-2(4)3(5)6;/h5-8H,1-4H2;2,4H,1H3,(H,5,6);/q-2;;+2/t5-,6-;2-;/m00./s1. The van der Waals surface area contributed by atoms with Crippen LogP contribution < -0.4 is 0 Å². The van der Waals surface area contributed by atoms with E-state index in [1.54, 1.807) is 0 Å². The van der Waals surface area contributed by atoms with Crippen LogP contribution in [0.1, 0.15) is 19.8 Å². The van der Waals surface area contributed by atoms with Crippen molar-refractivity contribution in [3.8, 4) is 0 Å². The van der Waals surface area contributed by atoms with Gasteiger partial charge in [0.2, 0.25) is 0 Å². The molecule has 0 spiro atoms. The van der Waals surface area contributed by atoms with Gasteiger partial charge in [0, 0.05) is 0 Å². The summed E-state index contributed by atoms with van der Waals surface area (Å²) in [6, 6.07) is 0. The van der Waals surface area contributed by atoms with Crippen LogP contribution in [-0.2, 0) is 25.9 Å². The summed E-state index contributed by atoms with van der Waals surface area (Å²) in [5.74, 6) is -0.0324. The van der Waals surface area contributed by atoms with Crippen LogP contribution >= 0.6 is 0 Å². The van der Waals surface area contributed by atoms with Gasteiger partial charge in [-0.3, -0.25) is 0 Å². The zero-order valence-electron chi connectivity index (χ0n) is 8.68. The number of hydrogen-bond acceptors (Lipinski definition) is 2. The van der Waals surface area contributed by atoms with Crippen molar-refractivity contribution in [2.45, 2.75) is 25.9 Å². The summed E-state index contributed by atoms with van der Waals surface area (Å²) in [6.45, 7) is 2.29. The van der Waals surface area contributed by atoms with Gasteiger partial charge in [0.25, 0.3) is 0 Å². The normalized spacial score (nSPS) is 25.1. The Bertz CT molecular complexity index is 165. The maximum atomic E-state index is 9.45. The van der Waals surface area contributed by atoms with E-state index in [-0.39, 0.29) is 21.1 Å². The Morgan fingerprint density at radius 3 is 1.67 bits per heavy atom. The molecule has 0 aromatic carbocycles. The first-order valence-electron chi connectivity index (χ1n) is 4.73. The van der Waals surface area contributed by atoms with Crippen molar-refractivity contribution in [3.05, 3.63) is 11.5 Å². The summed E-state index contributed by atoms with van der Waals surface area (Å²) in [5, 5.41) is 15.8. The average molecular weight is 397 g/mol. The largest absolute Gasteiger partial charge is 2.00 e.